The van der Waals surface area contributed by atoms with Crippen LogP contribution in [0.1, 0.15) is 6.92 Å². The van der Waals surface area contributed by atoms with E-state index in [1.807, 2.05) is 0 Å². The molecule has 5 nitrogen and oxygen atoms in total. The standard InChI is InChI=1S/C4H9NO2S.C2H4O2/c1-5-3(2-8)4(6)7;1-2(3)4/h3,5,8H,2H2,1H3,(H,6,7);1H3,(H,3,4). The SMILES string of the molecule is CC(=O)O.CNC(CS)C(=O)O. The Balaban J connectivity index is 0. The summed E-state index contributed by atoms with van der Waals surface area (Å²) in [6.45, 7) is 1.08. The summed E-state index contributed by atoms with van der Waals surface area (Å²) in [5.41, 5.74) is 0. The molecule has 0 saturated carbocycles. The van der Waals surface area contributed by atoms with Gasteiger partial charge in [0.2, 0.25) is 0 Å². The third-order valence-corrected chi connectivity index (χ3v) is 1.19. The van der Waals surface area contributed by atoms with Gasteiger partial charge in [-0.3, -0.25) is 9.59 Å². The lowest BCUT2D eigenvalue weighted by molar-refractivity contribution is -0.138. The van der Waals surface area contributed by atoms with Crippen LogP contribution in [0.25, 0.3) is 0 Å². The monoisotopic (exact) mass is 195 g/mol. The third-order valence-electron chi connectivity index (χ3n) is 0.829. The summed E-state index contributed by atoms with van der Waals surface area (Å²) < 4.78 is 0. The Morgan fingerprint density at radius 3 is 1.83 bits per heavy atom. The Hall–Kier alpha value is -0.750. The molecular weight excluding hydrogens is 182 g/mol. The molecule has 1 unspecified atom stereocenters. The van der Waals surface area contributed by atoms with E-state index in [1.54, 1.807) is 7.05 Å². The highest BCUT2D eigenvalue weighted by Crippen LogP contribution is 1.84. The first-order valence-electron chi connectivity index (χ1n) is 3.16. The van der Waals surface area contributed by atoms with Crippen molar-refractivity contribution in [3.63, 3.8) is 0 Å². The van der Waals surface area contributed by atoms with E-state index in [2.05, 4.69) is 17.9 Å². The Morgan fingerprint density at radius 2 is 1.83 bits per heavy atom. The lowest BCUT2D eigenvalue weighted by Crippen LogP contribution is -2.35. The zero-order valence-electron chi connectivity index (χ0n) is 6.94. The van der Waals surface area contributed by atoms with Crippen molar-refractivity contribution in [2.24, 2.45) is 0 Å². The summed E-state index contributed by atoms with van der Waals surface area (Å²) in [5, 5.41) is 18.3. The highest BCUT2D eigenvalue weighted by atomic mass is 32.1. The lowest BCUT2D eigenvalue weighted by atomic mass is 10.3. The van der Waals surface area contributed by atoms with Gasteiger partial charge in [0.15, 0.2) is 0 Å². The molecule has 6 heteroatoms. The summed E-state index contributed by atoms with van der Waals surface area (Å²) in [7, 11) is 1.59. The van der Waals surface area contributed by atoms with Gasteiger partial charge in [-0.2, -0.15) is 12.6 Å². The third kappa shape index (κ3) is 12.0. The molecule has 0 aromatic rings. The van der Waals surface area contributed by atoms with Crippen molar-refractivity contribution in [1.29, 1.82) is 0 Å². The molecule has 0 aliphatic carbocycles. The van der Waals surface area contributed by atoms with Crippen LogP contribution < -0.4 is 5.32 Å². The van der Waals surface area contributed by atoms with Gasteiger partial charge in [-0.25, -0.2) is 0 Å². The second kappa shape index (κ2) is 8.35. The lowest BCUT2D eigenvalue weighted by Gasteiger charge is -2.04. The van der Waals surface area contributed by atoms with E-state index in [-0.39, 0.29) is 0 Å². The van der Waals surface area contributed by atoms with Crippen LogP contribution in [-0.2, 0) is 9.59 Å². The molecule has 72 valence electrons. The minimum Gasteiger partial charge on any atom is -0.481 e. The van der Waals surface area contributed by atoms with Crippen molar-refractivity contribution in [1.82, 2.24) is 5.32 Å². The Bertz CT molecular complexity index is 142. The van der Waals surface area contributed by atoms with Gasteiger partial charge in [-0.15, -0.1) is 0 Å². The van der Waals surface area contributed by atoms with Crippen LogP contribution in [-0.4, -0.2) is 41.0 Å². The molecule has 0 radical (unpaired) electrons. The fourth-order valence-corrected chi connectivity index (χ4v) is 0.632. The first-order chi connectivity index (χ1) is 5.45. The molecule has 0 aliphatic heterocycles. The number of likely N-dealkylation sites (N-methyl/N-ethyl adjacent to an activating group) is 1. The van der Waals surface area contributed by atoms with Gasteiger partial charge >= 0.3 is 5.97 Å². The number of thiol groups is 1. The maximum atomic E-state index is 10.1. The fourth-order valence-electron chi connectivity index (χ4n) is 0.293. The smallest absolute Gasteiger partial charge is 0.321 e. The first-order valence-corrected chi connectivity index (χ1v) is 3.79. The van der Waals surface area contributed by atoms with E-state index >= 15 is 0 Å². The van der Waals surface area contributed by atoms with Gasteiger partial charge in [0.25, 0.3) is 5.97 Å². The van der Waals surface area contributed by atoms with E-state index in [4.69, 9.17) is 15.0 Å². The summed E-state index contributed by atoms with van der Waals surface area (Å²) >= 11 is 3.79. The molecular formula is C6H13NO4S. The highest BCUT2D eigenvalue weighted by Gasteiger charge is 2.10. The fraction of sp³-hybridized carbons (Fsp3) is 0.667. The highest BCUT2D eigenvalue weighted by molar-refractivity contribution is 7.80. The van der Waals surface area contributed by atoms with Crippen molar-refractivity contribution < 1.29 is 19.8 Å². The van der Waals surface area contributed by atoms with E-state index in [9.17, 15) is 4.79 Å². The van der Waals surface area contributed by atoms with E-state index in [0.717, 1.165) is 6.92 Å². The molecule has 0 bridgehead atoms. The number of hydrogen-bond acceptors (Lipinski definition) is 4. The predicted octanol–water partition coefficient (Wildman–Crippen LogP) is -0.320. The molecule has 0 aromatic heterocycles. The summed E-state index contributed by atoms with van der Waals surface area (Å²) in [6.07, 6.45) is 0. The van der Waals surface area contributed by atoms with Crippen LogP contribution >= 0.6 is 12.6 Å². The molecule has 0 spiro atoms. The number of carboxylic acid groups (broad SMARTS) is 2. The number of aliphatic carboxylic acids is 2. The normalized spacial score (nSPS) is 10.9. The largest absolute Gasteiger partial charge is 0.481 e. The topological polar surface area (TPSA) is 86.6 Å². The maximum Gasteiger partial charge on any atom is 0.321 e. The summed E-state index contributed by atoms with van der Waals surface area (Å²) in [6, 6.07) is -0.515. The molecule has 1 atom stereocenters. The average molecular weight is 195 g/mol. The zero-order chi connectivity index (χ0) is 10.1. The van der Waals surface area contributed by atoms with Crippen molar-refractivity contribution in [3.05, 3.63) is 0 Å². The Labute approximate surface area is 76.2 Å². The van der Waals surface area contributed by atoms with Crippen molar-refractivity contribution in [2.75, 3.05) is 12.8 Å². The van der Waals surface area contributed by atoms with Gasteiger partial charge in [0.1, 0.15) is 6.04 Å². The number of nitrogens with one attached hydrogen (secondary N) is 1. The van der Waals surface area contributed by atoms with Crippen LogP contribution in [0.15, 0.2) is 0 Å². The van der Waals surface area contributed by atoms with Crippen LogP contribution in [0.4, 0.5) is 0 Å². The van der Waals surface area contributed by atoms with Gasteiger partial charge in [0, 0.05) is 12.7 Å². The van der Waals surface area contributed by atoms with Crippen LogP contribution in [0.3, 0.4) is 0 Å². The average Bonchev–Trinajstić information content (AvgIpc) is 1.87. The van der Waals surface area contributed by atoms with E-state index < -0.39 is 18.0 Å². The molecule has 0 heterocycles. The Morgan fingerprint density at radius 1 is 1.50 bits per heavy atom. The van der Waals surface area contributed by atoms with Crippen molar-refractivity contribution in [3.8, 4) is 0 Å². The zero-order valence-corrected chi connectivity index (χ0v) is 7.84. The van der Waals surface area contributed by atoms with Gasteiger partial charge in [-0.1, -0.05) is 0 Å². The Kier molecular flexibility index (Phi) is 9.61. The number of hydrogen-bond donors (Lipinski definition) is 4. The molecule has 0 amide bonds. The maximum absolute atomic E-state index is 10.1. The summed E-state index contributed by atoms with van der Waals surface area (Å²) in [4.78, 5) is 19.1. The van der Waals surface area contributed by atoms with Crippen LogP contribution in [0, 0.1) is 0 Å². The minimum atomic E-state index is -0.859. The second-order valence-electron chi connectivity index (χ2n) is 1.88. The predicted molar refractivity (Wildman–Crippen MR) is 47.6 cm³/mol. The van der Waals surface area contributed by atoms with E-state index in [1.165, 1.54) is 0 Å². The van der Waals surface area contributed by atoms with Gasteiger partial charge in [-0.05, 0) is 7.05 Å². The molecule has 0 saturated heterocycles. The molecule has 12 heavy (non-hydrogen) atoms. The molecule has 0 aliphatic rings. The summed E-state index contributed by atoms with van der Waals surface area (Å²) in [5.74, 6) is -1.37. The molecule has 3 N–H and O–H groups in total. The second-order valence-corrected chi connectivity index (χ2v) is 2.25. The first kappa shape index (κ1) is 13.8. The number of carbonyl (C=O) groups is 2. The molecule has 0 rings (SSSR count). The van der Waals surface area contributed by atoms with E-state index in [0.29, 0.717) is 5.75 Å². The number of rotatable bonds is 3. The van der Waals surface area contributed by atoms with Crippen LogP contribution in [0.2, 0.25) is 0 Å². The van der Waals surface area contributed by atoms with Crippen molar-refractivity contribution in [2.45, 2.75) is 13.0 Å². The van der Waals surface area contributed by atoms with Gasteiger partial charge < -0.3 is 15.5 Å². The van der Waals surface area contributed by atoms with Crippen molar-refractivity contribution >= 4 is 24.6 Å². The van der Waals surface area contributed by atoms with Crippen LogP contribution in [0.5, 0.6) is 0 Å². The van der Waals surface area contributed by atoms with Gasteiger partial charge in [0.05, 0.1) is 0 Å². The molecule has 0 aromatic carbocycles. The molecule has 0 fully saturated rings. The number of carboxylic acids is 2. The quantitative estimate of drug-likeness (QED) is 0.464. The minimum absolute atomic E-state index is 0.325.